The lowest BCUT2D eigenvalue weighted by molar-refractivity contribution is -0.323. The van der Waals surface area contributed by atoms with Crippen LogP contribution in [0.25, 0.3) is 5.82 Å². The van der Waals surface area contributed by atoms with Crippen molar-refractivity contribution in [1.29, 1.82) is 0 Å². The summed E-state index contributed by atoms with van der Waals surface area (Å²) in [7, 11) is 0. The molecule has 0 atom stereocenters. The van der Waals surface area contributed by atoms with Crippen LogP contribution in [0.4, 0.5) is 18.9 Å². The van der Waals surface area contributed by atoms with E-state index in [2.05, 4.69) is 20.7 Å². The number of anilines is 1. The highest BCUT2D eigenvalue weighted by molar-refractivity contribution is 6.32. The highest BCUT2D eigenvalue weighted by atomic mass is 35.5. The summed E-state index contributed by atoms with van der Waals surface area (Å²) in [6.45, 7) is 0.206. The van der Waals surface area contributed by atoms with Gasteiger partial charge in [0.25, 0.3) is 17.4 Å². The molecule has 200 valence electrons. The van der Waals surface area contributed by atoms with Gasteiger partial charge < -0.3 is 20.1 Å². The molecule has 2 fully saturated rings. The Labute approximate surface area is 224 Å². The quantitative estimate of drug-likeness (QED) is 0.425. The van der Waals surface area contributed by atoms with E-state index >= 15 is 0 Å². The van der Waals surface area contributed by atoms with Gasteiger partial charge in [-0.2, -0.15) is 13.2 Å². The molecule has 1 saturated carbocycles. The molecule has 1 saturated heterocycles. The Kier molecular flexibility index (Phi) is 6.74. The molecule has 0 bridgehead atoms. The summed E-state index contributed by atoms with van der Waals surface area (Å²) in [6, 6.07) is 7.10. The molecule has 0 unspecified atom stereocenters. The third-order valence-electron chi connectivity index (χ3n) is 6.04. The SMILES string of the molecule is Cc1cc(Cl)cc(C(=O)NC2CC2)c1NC(=O)c1cc(OC2(C(F)(F)F)COC2)nn1-c1ncccc1Cl. The second-order valence-electron chi connectivity index (χ2n) is 9.02. The Balaban J connectivity index is 1.53. The Hall–Kier alpha value is -3.35. The number of aryl methyl sites for hydroxylation is 1. The zero-order valence-electron chi connectivity index (χ0n) is 19.7. The molecule has 2 aliphatic rings. The lowest BCUT2D eigenvalue weighted by Gasteiger charge is -2.41. The number of ether oxygens (including phenoxy) is 2. The molecular formula is C24H20Cl2F3N5O4. The van der Waals surface area contributed by atoms with Crippen LogP contribution in [0.1, 0.15) is 39.3 Å². The van der Waals surface area contributed by atoms with Gasteiger partial charge in [-0.3, -0.25) is 9.59 Å². The van der Waals surface area contributed by atoms with Gasteiger partial charge in [-0.05, 0) is 49.6 Å². The van der Waals surface area contributed by atoms with Crippen molar-refractivity contribution in [3.8, 4) is 11.7 Å². The van der Waals surface area contributed by atoms with Crippen molar-refractivity contribution in [3.63, 3.8) is 0 Å². The number of hydrogen-bond donors (Lipinski definition) is 2. The molecule has 1 aliphatic heterocycles. The average Bonchev–Trinajstić information content (AvgIpc) is 3.53. The largest absolute Gasteiger partial charge is 0.455 e. The number of hydrogen-bond acceptors (Lipinski definition) is 6. The monoisotopic (exact) mass is 569 g/mol. The van der Waals surface area contributed by atoms with E-state index in [4.69, 9.17) is 32.7 Å². The van der Waals surface area contributed by atoms with Gasteiger partial charge in [0.1, 0.15) is 5.69 Å². The fourth-order valence-electron chi connectivity index (χ4n) is 3.79. The normalized spacial score (nSPS) is 16.5. The van der Waals surface area contributed by atoms with E-state index in [1.165, 1.54) is 18.3 Å². The number of aromatic nitrogens is 3. The van der Waals surface area contributed by atoms with Crippen molar-refractivity contribution in [2.24, 2.45) is 0 Å². The molecule has 2 aromatic heterocycles. The van der Waals surface area contributed by atoms with E-state index in [1.54, 1.807) is 19.1 Å². The van der Waals surface area contributed by atoms with Crippen LogP contribution < -0.4 is 15.4 Å². The number of carbonyl (C=O) groups is 2. The van der Waals surface area contributed by atoms with E-state index in [1.807, 2.05) is 0 Å². The highest BCUT2D eigenvalue weighted by Gasteiger charge is 2.63. The van der Waals surface area contributed by atoms with Gasteiger partial charge in [-0.1, -0.05) is 23.2 Å². The van der Waals surface area contributed by atoms with E-state index in [0.29, 0.717) is 10.6 Å². The summed E-state index contributed by atoms with van der Waals surface area (Å²) >= 11 is 12.4. The molecule has 2 N–H and O–H groups in total. The van der Waals surface area contributed by atoms with Crippen molar-refractivity contribution in [2.75, 3.05) is 18.5 Å². The molecule has 3 heterocycles. The molecule has 2 amide bonds. The van der Waals surface area contributed by atoms with Gasteiger partial charge in [-0.25, -0.2) is 9.67 Å². The first-order valence-corrected chi connectivity index (χ1v) is 12.2. The minimum Gasteiger partial charge on any atom is -0.455 e. The second kappa shape index (κ2) is 9.75. The van der Waals surface area contributed by atoms with Crippen LogP contribution in [0.3, 0.4) is 0 Å². The summed E-state index contributed by atoms with van der Waals surface area (Å²) < 4.78 is 52.0. The fourth-order valence-corrected chi connectivity index (χ4v) is 4.26. The third-order valence-corrected chi connectivity index (χ3v) is 6.56. The van der Waals surface area contributed by atoms with Crippen molar-refractivity contribution in [3.05, 3.63) is 63.4 Å². The van der Waals surface area contributed by atoms with Crippen LogP contribution in [-0.2, 0) is 4.74 Å². The number of benzene rings is 1. The smallest absolute Gasteiger partial charge is 0.432 e. The van der Waals surface area contributed by atoms with Crippen molar-refractivity contribution >= 4 is 40.7 Å². The molecule has 1 aliphatic carbocycles. The fraction of sp³-hybridized carbons (Fsp3) is 0.333. The van der Waals surface area contributed by atoms with Crippen molar-refractivity contribution in [1.82, 2.24) is 20.1 Å². The molecular weight excluding hydrogens is 550 g/mol. The van der Waals surface area contributed by atoms with Gasteiger partial charge in [-0.15, -0.1) is 5.10 Å². The highest BCUT2D eigenvalue weighted by Crippen LogP contribution is 2.40. The van der Waals surface area contributed by atoms with E-state index < -0.39 is 42.7 Å². The number of carbonyl (C=O) groups excluding carboxylic acids is 2. The van der Waals surface area contributed by atoms with E-state index in [0.717, 1.165) is 23.6 Å². The zero-order chi connectivity index (χ0) is 27.2. The molecule has 14 heteroatoms. The predicted octanol–water partition coefficient (Wildman–Crippen LogP) is 4.74. The van der Waals surface area contributed by atoms with Crippen molar-refractivity contribution in [2.45, 2.75) is 37.6 Å². The van der Waals surface area contributed by atoms with Crippen LogP contribution in [0.2, 0.25) is 10.0 Å². The summed E-state index contributed by atoms with van der Waals surface area (Å²) in [6.07, 6.45) is -1.66. The van der Waals surface area contributed by atoms with Crippen LogP contribution in [-0.4, -0.2) is 57.6 Å². The number of pyridine rings is 1. The average molecular weight is 570 g/mol. The number of amides is 2. The lowest BCUT2D eigenvalue weighted by atomic mass is 10.0. The topological polar surface area (TPSA) is 107 Å². The Morgan fingerprint density at radius 3 is 2.53 bits per heavy atom. The molecule has 0 radical (unpaired) electrons. The number of halogens is 5. The summed E-state index contributed by atoms with van der Waals surface area (Å²) in [5.41, 5.74) is -2.03. The van der Waals surface area contributed by atoms with Gasteiger partial charge in [0.2, 0.25) is 5.88 Å². The number of alkyl halides is 3. The lowest BCUT2D eigenvalue weighted by Crippen LogP contribution is -2.64. The number of rotatable bonds is 7. The summed E-state index contributed by atoms with van der Waals surface area (Å²) in [5, 5.41) is 9.95. The van der Waals surface area contributed by atoms with Gasteiger partial charge >= 0.3 is 6.18 Å². The molecule has 0 spiro atoms. The van der Waals surface area contributed by atoms with Crippen LogP contribution in [0.15, 0.2) is 36.5 Å². The van der Waals surface area contributed by atoms with Gasteiger partial charge in [0, 0.05) is 23.3 Å². The maximum Gasteiger partial charge on any atom is 0.432 e. The second-order valence-corrected chi connectivity index (χ2v) is 9.87. The van der Waals surface area contributed by atoms with Crippen molar-refractivity contribution < 1.29 is 32.2 Å². The summed E-state index contributed by atoms with van der Waals surface area (Å²) in [4.78, 5) is 30.5. The number of nitrogens with one attached hydrogen (secondary N) is 2. The third kappa shape index (κ3) is 5.03. The first-order valence-electron chi connectivity index (χ1n) is 11.4. The van der Waals surface area contributed by atoms with E-state index in [-0.39, 0.29) is 33.8 Å². The molecule has 5 rings (SSSR count). The Morgan fingerprint density at radius 2 is 1.92 bits per heavy atom. The maximum absolute atomic E-state index is 13.7. The molecule has 38 heavy (non-hydrogen) atoms. The predicted molar refractivity (Wildman–Crippen MR) is 131 cm³/mol. The van der Waals surface area contributed by atoms with Gasteiger partial charge in [0.05, 0.1) is 29.5 Å². The Morgan fingerprint density at radius 1 is 1.18 bits per heavy atom. The van der Waals surface area contributed by atoms with Crippen LogP contribution in [0, 0.1) is 6.92 Å². The first kappa shape index (κ1) is 26.3. The van der Waals surface area contributed by atoms with Gasteiger partial charge in [0.15, 0.2) is 5.82 Å². The van der Waals surface area contributed by atoms with E-state index in [9.17, 15) is 22.8 Å². The van der Waals surface area contributed by atoms with Crippen LogP contribution in [0.5, 0.6) is 5.88 Å². The Bertz CT molecular complexity index is 1420. The minimum atomic E-state index is -4.75. The molecule has 1 aromatic carbocycles. The molecule has 3 aromatic rings. The maximum atomic E-state index is 13.7. The minimum absolute atomic E-state index is 0.0142. The number of nitrogens with zero attached hydrogens (tertiary/aromatic N) is 3. The van der Waals surface area contributed by atoms with Crippen LogP contribution >= 0.6 is 23.2 Å². The molecule has 9 nitrogen and oxygen atoms in total. The first-order chi connectivity index (χ1) is 18.0. The standard InChI is InChI=1S/C24H20Cl2F3N5O4/c1-12-7-13(25)8-15(21(35)31-14-4-5-14)19(12)32-22(36)17-9-18(38-23(10-37-11-23)24(27,28)29)33-34(17)20-16(26)3-2-6-30-20/h2-3,6-9,14H,4-5,10-11H2,1H3,(H,31,35)(H,32,36). The summed E-state index contributed by atoms with van der Waals surface area (Å²) in [5.74, 6) is -1.72. The zero-order valence-corrected chi connectivity index (χ0v) is 21.2.